The molecule has 39 heavy (non-hydrogen) atoms. The first-order chi connectivity index (χ1) is 18.9. The van der Waals surface area contributed by atoms with Crippen molar-refractivity contribution in [3.8, 4) is 17.3 Å². The number of nitrogens with zero attached hydrogens (tertiary/aromatic N) is 3. The molecule has 9 nitrogen and oxygen atoms in total. The minimum atomic E-state index is -1.36. The Bertz CT molecular complexity index is 1420. The predicted molar refractivity (Wildman–Crippen MR) is 149 cm³/mol. The zero-order chi connectivity index (χ0) is 27.5. The van der Waals surface area contributed by atoms with Crippen molar-refractivity contribution < 1.29 is 24.9 Å². The Labute approximate surface area is 227 Å². The van der Waals surface area contributed by atoms with E-state index in [2.05, 4.69) is 46.6 Å². The van der Waals surface area contributed by atoms with E-state index < -0.39 is 30.3 Å². The first kappa shape index (κ1) is 26.9. The van der Waals surface area contributed by atoms with Gasteiger partial charge >= 0.3 is 0 Å². The molecular formula is C30H34N4O5. The Hall–Kier alpha value is -3.68. The molecule has 2 aliphatic rings. The summed E-state index contributed by atoms with van der Waals surface area (Å²) >= 11 is 0. The molecule has 9 heteroatoms. The lowest BCUT2D eigenvalue weighted by Crippen LogP contribution is -2.56. The van der Waals surface area contributed by atoms with Crippen molar-refractivity contribution in [2.45, 2.75) is 43.7 Å². The van der Waals surface area contributed by atoms with Gasteiger partial charge in [-0.25, -0.2) is 0 Å². The maximum Gasteiger partial charge on any atom is 0.262 e. The number of carbonyl (C=O) groups is 1. The SMILES string of the molecule is Cn1c(/C=C(\C#N)C(=O)NC[C@H]2OC[C@H](O)[C@@H](O)[C@@H]2O)ccc1-c1ccc2cc(N3CCCCC3)ccc2c1. The van der Waals surface area contributed by atoms with Crippen LogP contribution in [0.15, 0.2) is 54.1 Å². The van der Waals surface area contributed by atoms with Gasteiger partial charge in [-0.1, -0.05) is 18.2 Å². The summed E-state index contributed by atoms with van der Waals surface area (Å²) < 4.78 is 7.24. The first-order valence-corrected chi connectivity index (χ1v) is 13.4. The zero-order valence-corrected chi connectivity index (χ0v) is 22.0. The number of benzene rings is 2. The maximum atomic E-state index is 12.7. The number of nitrogens with one attached hydrogen (secondary N) is 1. The number of anilines is 1. The number of carbonyl (C=O) groups excluding carboxylic acids is 1. The molecule has 5 rings (SSSR count). The normalized spacial score (nSPS) is 24.0. The zero-order valence-electron chi connectivity index (χ0n) is 22.0. The van der Waals surface area contributed by atoms with Crippen LogP contribution in [0.2, 0.25) is 0 Å². The number of piperidine rings is 1. The molecule has 2 aromatic carbocycles. The van der Waals surface area contributed by atoms with Gasteiger partial charge in [0, 0.05) is 43.8 Å². The minimum Gasteiger partial charge on any atom is -0.388 e. The van der Waals surface area contributed by atoms with Gasteiger partial charge in [-0.2, -0.15) is 5.26 Å². The highest BCUT2D eigenvalue weighted by Gasteiger charge is 2.37. The summed E-state index contributed by atoms with van der Waals surface area (Å²) in [5, 5.41) is 44.0. The molecular weight excluding hydrogens is 496 g/mol. The van der Waals surface area contributed by atoms with Crippen LogP contribution in [0.5, 0.6) is 0 Å². The van der Waals surface area contributed by atoms with Crippen molar-refractivity contribution in [3.63, 3.8) is 0 Å². The summed E-state index contributed by atoms with van der Waals surface area (Å²) in [6, 6.07) is 18.7. The van der Waals surface area contributed by atoms with E-state index >= 15 is 0 Å². The highest BCUT2D eigenvalue weighted by atomic mass is 16.5. The van der Waals surface area contributed by atoms with Crippen molar-refractivity contribution >= 4 is 28.4 Å². The van der Waals surface area contributed by atoms with Gasteiger partial charge < -0.3 is 34.8 Å². The lowest BCUT2D eigenvalue weighted by molar-refractivity contribution is -0.185. The number of amides is 1. The van der Waals surface area contributed by atoms with Gasteiger partial charge in [0.2, 0.25) is 0 Å². The fourth-order valence-electron chi connectivity index (χ4n) is 5.33. The lowest BCUT2D eigenvalue weighted by Gasteiger charge is -2.35. The maximum absolute atomic E-state index is 12.7. The van der Waals surface area contributed by atoms with Gasteiger partial charge in [-0.05, 0) is 72.0 Å². The summed E-state index contributed by atoms with van der Waals surface area (Å²) in [6.07, 6.45) is 0.510. The molecule has 1 aromatic heterocycles. The monoisotopic (exact) mass is 530 g/mol. The topological polar surface area (TPSA) is 131 Å². The molecule has 4 atom stereocenters. The smallest absolute Gasteiger partial charge is 0.262 e. The lowest BCUT2D eigenvalue weighted by atomic mass is 10.00. The number of aliphatic hydroxyl groups is 3. The van der Waals surface area contributed by atoms with E-state index in [1.165, 1.54) is 36.4 Å². The van der Waals surface area contributed by atoms with Crippen LogP contribution in [-0.4, -0.2) is 76.5 Å². The predicted octanol–water partition coefficient (Wildman–Crippen LogP) is 2.34. The van der Waals surface area contributed by atoms with Gasteiger partial charge in [0.05, 0.1) is 6.61 Å². The third kappa shape index (κ3) is 5.70. The molecule has 2 aliphatic heterocycles. The average Bonchev–Trinajstić information content (AvgIpc) is 3.33. The van der Waals surface area contributed by atoms with Crippen LogP contribution in [0, 0.1) is 11.3 Å². The molecule has 0 saturated carbocycles. The van der Waals surface area contributed by atoms with E-state index in [-0.39, 0.29) is 18.7 Å². The van der Waals surface area contributed by atoms with E-state index in [0.29, 0.717) is 5.69 Å². The van der Waals surface area contributed by atoms with E-state index in [9.17, 15) is 25.4 Å². The largest absolute Gasteiger partial charge is 0.388 e. The molecule has 0 aliphatic carbocycles. The van der Waals surface area contributed by atoms with Crippen molar-refractivity contribution in [2.24, 2.45) is 7.05 Å². The summed E-state index contributed by atoms with van der Waals surface area (Å²) in [5.74, 6) is -0.619. The summed E-state index contributed by atoms with van der Waals surface area (Å²) in [4.78, 5) is 15.1. The molecule has 1 amide bonds. The fraction of sp³-hybridized carbons (Fsp3) is 0.400. The number of hydrogen-bond donors (Lipinski definition) is 4. The Morgan fingerprint density at radius 3 is 2.56 bits per heavy atom. The quantitative estimate of drug-likeness (QED) is 0.284. The fourth-order valence-corrected chi connectivity index (χ4v) is 5.33. The number of fused-ring (bicyclic) bond motifs is 1. The van der Waals surface area contributed by atoms with Crippen LogP contribution in [-0.2, 0) is 16.6 Å². The summed E-state index contributed by atoms with van der Waals surface area (Å²) in [7, 11) is 1.89. The Balaban J connectivity index is 1.30. The van der Waals surface area contributed by atoms with Gasteiger partial charge in [0.1, 0.15) is 36.1 Å². The Morgan fingerprint density at radius 2 is 1.79 bits per heavy atom. The van der Waals surface area contributed by atoms with Crippen molar-refractivity contribution in [2.75, 3.05) is 31.1 Å². The second-order valence-corrected chi connectivity index (χ2v) is 10.3. The van der Waals surface area contributed by atoms with E-state index in [4.69, 9.17) is 4.74 Å². The molecule has 3 aromatic rings. The van der Waals surface area contributed by atoms with Crippen LogP contribution >= 0.6 is 0 Å². The number of hydrogen-bond acceptors (Lipinski definition) is 7. The molecule has 0 unspecified atom stereocenters. The highest BCUT2D eigenvalue weighted by Crippen LogP contribution is 2.30. The van der Waals surface area contributed by atoms with Gasteiger partial charge in [0.25, 0.3) is 5.91 Å². The van der Waals surface area contributed by atoms with Crippen molar-refractivity contribution in [1.29, 1.82) is 5.26 Å². The summed E-state index contributed by atoms with van der Waals surface area (Å²) in [6.45, 7) is 1.95. The third-order valence-electron chi connectivity index (χ3n) is 7.73. The molecule has 2 fully saturated rings. The molecule has 0 radical (unpaired) electrons. The second kappa shape index (κ2) is 11.6. The van der Waals surface area contributed by atoms with Gasteiger partial charge in [-0.15, -0.1) is 0 Å². The van der Waals surface area contributed by atoms with E-state index in [1.807, 2.05) is 29.8 Å². The molecule has 0 spiro atoms. The molecule has 4 N–H and O–H groups in total. The number of rotatable bonds is 6. The minimum absolute atomic E-state index is 0.0996. The van der Waals surface area contributed by atoms with Crippen LogP contribution in [0.25, 0.3) is 28.1 Å². The van der Waals surface area contributed by atoms with Gasteiger partial charge in [-0.3, -0.25) is 4.79 Å². The number of aromatic nitrogens is 1. The Kier molecular flexibility index (Phi) is 8.00. The second-order valence-electron chi connectivity index (χ2n) is 10.3. The van der Waals surface area contributed by atoms with Crippen molar-refractivity contribution in [3.05, 3.63) is 59.8 Å². The van der Waals surface area contributed by atoms with Crippen LogP contribution in [0.1, 0.15) is 25.0 Å². The summed E-state index contributed by atoms with van der Waals surface area (Å²) in [5.41, 5.74) is 3.83. The molecule has 204 valence electrons. The van der Waals surface area contributed by atoms with E-state index in [1.54, 1.807) is 0 Å². The average molecular weight is 531 g/mol. The molecule has 0 bridgehead atoms. The Morgan fingerprint density at radius 1 is 1.05 bits per heavy atom. The first-order valence-electron chi connectivity index (χ1n) is 13.4. The van der Waals surface area contributed by atoms with Crippen LogP contribution < -0.4 is 10.2 Å². The van der Waals surface area contributed by atoms with Crippen molar-refractivity contribution in [1.82, 2.24) is 9.88 Å². The van der Waals surface area contributed by atoms with E-state index in [0.717, 1.165) is 29.7 Å². The van der Waals surface area contributed by atoms with Crippen LogP contribution in [0.3, 0.4) is 0 Å². The third-order valence-corrected chi connectivity index (χ3v) is 7.73. The molecule has 3 heterocycles. The standard InChI is InChI=1S/C30H34N4O5/c1-33-23(15-22(16-31)30(38)32-17-27-29(37)28(36)26(35)18-39-27)9-10-25(33)21-6-5-20-14-24(8-7-19(20)13-21)34-11-3-2-4-12-34/h5-10,13-15,26-29,35-37H,2-4,11-12,17-18H2,1H3,(H,32,38)/b22-15+/t26-,27+,28+,29+/m0/s1. The highest BCUT2D eigenvalue weighted by molar-refractivity contribution is 6.01. The van der Waals surface area contributed by atoms with Crippen LogP contribution in [0.4, 0.5) is 5.69 Å². The number of ether oxygens (including phenoxy) is 1. The van der Waals surface area contributed by atoms with Gasteiger partial charge in [0.15, 0.2) is 0 Å². The number of nitriles is 1. The molecule has 2 saturated heterocycles. The number of aliphatic hydroxyl groups excluding tert-OH is 3.